The van der Waals surface area contributed by atoms with Crippen molar-refractivity contribution in [3.05, 3.63) is 30.1 Å². The maximum Gasteiger partial charge on any atom is 0.0543 e. The van der Waals surface area contributed by atoms with Gasteiger partial charge in [-0.2, -0.15) is 0 Å². The van der Waals surface area contributed by atoms with Crippen molar-refractivity contribution in [2.24, 2.45) is 0 Å². The Morgan fingerprint density at radius 1 is 1.06 bits per heavy atom. The van der Waals surface area contributed by atoms with Gasteiger partial charge in [-0.3, -0.25) is 9.88 Å². The summed E-state index contributed by atoms with van der Waals surface area (Å²) in [6.07, 6.45) is 7.40. The van der Waals surface area contributed by atoms with E-state index in [1.807, 2.05) is 12.3 Å². The highest BCUT2D eigenvalue weighted by molar-refractivity contribution is 5.03. The summed E-state index contributed by atoms with van der Waals surface area (Å²) in [6.45, 7) is 6.17. The Labute approximate surface area is 110 Å². The number of pyridine rings is 1. The lowest BCUT2D eigenvalue weighted by atomic mass is 10.0. The molecule has 2 aliphatic heterocycles. The maximum absolute atomic E-state index is 4.42. The molecule has 18 heavy (non-hydrogen) atoms. The van der Waals surface area contributed by atoms with Crippen LogP contribution < -0.4 is 0 Å². The third-order valence-electron chi connectivity index (χ3n) is 4.33. The van der Waals surface area contributed by atoms with E-state index in [0.29, 0.717) is 0 Å². The van der Waals surface area contributed by atoms with Gasteiger partial charge in [-0.15, -0.1) is 0 Å². The molecule has 0 radical (unpaired) electrons. The van der Waals surface area contributed by atoms with E-state index < -0.39 is 0 Å². The summed E-state index contributed by atoms with van der Waals surface area (Å²) in [5, 5.41) is 0. The van der Waals surface area contributed by atoms with E-state index in [0.717, 1.165) is 12.6 Å². The van der Waals surface area contributed by atoms with Gasteiger partial charge in [0.25, 0.3) is 0 Å². The highest BCUT2D eigenvalue weighted by Crippen LogP contribution is 2.21. The maximum atomic E-state index is 4.42. The van der Waals surface area contributed by atoms with Gasteiger partial charge in [0.15, 0.2) is 0 Å². The standard InChI is InChI=1S/C15H23N3/c1-2-8-16-14(5-1)13-17-11-6-15(7-12-17)18-9-3-4-10-18/h1-2,5,8,15H,3-4,6-7,9-13H2. The highest BCUT2D eigenvalue weighted by atomic mass is 15.2. The summed E-state index contributed by atoms with van der Waals surface area (Å²) in [7, 11) is 0. The van der Waals surface area contributed by atoms with Crippen LogP contribution in [-0.4, -0.2) is 47.0 Å². The van der Waals surface area contributed by atoms with Gasteiger partial charge in [0.1, 0.15) is 0 Å². The van der Waals surface area contributed by atoms with Crippen LogP contribution in [-0.2, 0) is 6.54 Å². The summed E-state index contributed by atoms with van der Waals surface area (Å²) in [6, 6.07) is 7.06. The van der Waals surface area contributed by atoms with Crippen molar-refractivity contribution in [3.63, 3.8) is 0 Å². The summed E-state index contributed by atoms with van der Waals surface area (Å²) in [5.41, 5.74) is 1.21. The quantitative estimate of drug-likeness (QED) is 0.813. The molecule has 2 saturated heterocycles. The minimum absolute atomic E-state index is 0.854. The predicted molar refractivity (Wildman–Crippen MR) is 73.3 cm³/mol. The van der Waals surface area contributed by atoms with Gasteiger partial charge >= 0.3 is 0 Å². The first-order chi connectivity index (χ1) is 8.92. The highest BCUT2D eigenvalue weighted by Gasteiger charge is 2.26. The van der Waals surface area contributed by atoms with E-state index >= 15 is 0 Å². The molecule has 0 spiro atoms. The summed E-state index contributed by atoms with van der Waals surface area (Å²) in [4.78, 5) is 9.67. The SMILES string of the molecule is c1ccc(CN2CCC(N3CCCC3)CC2)nc1. The van der Waals surface area contributed by atoms with Gasteiger partial charge in [-0.1, -0.05) is 6.07 Å². The van der Waals surface area contributed by atoms with Crippen LogP contribution in [0.4, 0.5) is 0 Å². The average molecular weight is 245 g/mol. The Bertz CT molecular complexity index is 351. The van der Waals surface area contributed by atoms with Gasteiger partial charge < -0.3 is 4.90 Å². The lowest BCUT2D eigenvalue weighted by Gasteiger charge is -2.36. The molecule has 1 aromatic rings. The van der Waals surface area contributed by atoms with Crippen molar-refractivity contribution < 1.29 is 0 Å². The van der Waals surface area contributed by atoms with Crippen molar-refractivity contribution in [1.82, 2.24) is 14.8 Å². The van der Waals surface area contributed by atoms with Crippen LogP contribution in [0.3, 0.4) is 0 Å². The van der Waals surface area contributed by atoms with Crippen LogP contribution in [0, 0.1) is 0 Å². The molecule has 2 aliphatic rings. The first-order valence-corrected chi connectivity index (χ1v) is 7.28. The number of rotatable bonds is 3. The van der Waals surface area contributed by atoms with E-state index in [1.165, 1.54) is 57.6 Å². The van der Waals surface area contributed by atoms with E-state index in [-0.39, 0.29) is 0 Å². The second-order valence-electron chi connectivity index (χ2n) is 5.57. The molecule has 3 nitrogen and oxygen atoms in total. The molecule has 0 aliphatic carbocycles. The van der Waals surface area contributed by atoms with Crippen LogP contribution in [0.5, 0.6) is 0 Å². The van der Waals surface area contributed by atoms with Crippen LogP contribution >= 0.6 is 0 Å². The van der Waals surface area contributed by atoms with E-state index in [9.17, 15) is 0 Å². The molecule has 3 rings (SSSR count). The zero-order valence-corrected chi connectivity index (χ0v) is 11.1. The van der Waals surface area contributed by atoms with Gasteiger partial charge in [-0.05, 0) is 50.9 Å². The monoisotopic (exact) mass is 245 g/mol. The fourth-order valence-corrected chi connectivity index (χ4v) is 3.27. The second-order valence-corrected chi connectivity index (χ2v) is 5.57. The van der Waals surface area contributed by atoms with Gasteiger partial charge in [0.2, 0.25) is 0 Å². The van der Waals surface area contributed by atoms with E-state index in [4.69, 9.17) is 0 Å². The molecule has 0 saturated carbocycles. The van der Waals surface area contributed by atoms with Crippen LogP contribution in [0.2, 0.25) is 0 Å². The number of hydrogen-bond acceptors (Lipinski definition) is 3. The average Bonchev–Trinajstić information content (AvgIpc) is 2.95. The normalized spacial score (nSPS) is 23.6. The first kappa shape index (κ1) is 12.1. The van der Waals surface area contributed by atoms with Gasteiger partial charge in [-0.25, -0.2) is 0 Å². The molecule has 3 heteroatoms. The number of hydrogen-bond donors (Lipinski definition) is 0. The summed E-state index contributed by atoms with van der Waals surface area (Å²) >= 11 is 0. The fourth-order valence-electron chi connectivity index (χ4n) is 3.27. The Morgan fingerprint density at radius 2 is 1.83 bits per heavy atom. The fraction of sp³-hybridized carbons (Fsp3) is 0.667. The molecule has 98 valence electrons. The Morgan fingerprint density at radius 3 is 2.50 bits per heavy atom. The van der Waals surface area contributed by atoms with Crippen molar-refractivity contribution >= 4 is 0 Å². The van der Waals surface area contributed by atoms with Crippen molar-refractivity contribution in [2.45, 2.75) is 38.3 Å². The Kier molecular flexibility index (Phi) is 3.91. The van der Waals surface area contributed by atoms with Crippen LogP contribution in [0.25, 0.3) is 0 Å². The molecule has 2 fully saturated rings. The predicted octanol–water partition coefficient (Wildman–Crippen LogP) is 2.14. The van der Waals surface area contributed by atoms with Gasteiger partial charge in [0, 0.05) is 31.9 Å². The lowest BCUT2D eigenvalue weighted by molar-refractivity contribution is 0.122. The van der Waals surface area contributed by atoms with Crippen LogP contribution in [0.15, 0.2) is 24.4 Å². The lowest BCUT2D eigenvalue weighted by Crippen LogP contribution is -2.43. The molecule has 0 unspecified atom stereocenters. The zero-order chi connectivity index (χ0) is 12.2. The molecule has 1 aromatic heterocycles. The van der Waals surface area contributed by atoms with Crippen molar-refractivity contribution in [1.29, 1.82) is 0 Å². The summed E-state index contributed by atoms with van der Waals surface area (Å²) in [5.74, 6) is 0. The molecule has 0 atom stereocenters. The second kappa shape index (κ2) is 5.81. The van der Waals surface area contributed by atoms with E-state index in [2.05, 4.69) is 26.9 Å². The number of nitrogens with zero attached hydrogens (tertiary/aromatic N) is 3. The molecule has 3 heterocycles. The molecule has 0 amide bonds. The molecular weight excluding hydrogens is 222 g/mol. The molecule has 0 aromatic carbocycles. The minimum atomic E-state index is 0.854. The number of piperidine rings is 1. The topological polar surface area (TPSA) is 19.4 Å². The molecule has 0 N–H and O–H groups in total. The van der Waals surface area contributed by atoms with E-state index in [1.54, 1.807) is 0 Å². The summed E-state index contributed by atoms with van der Waals surface area (Å²) < 4.78 is 0. The van der Waals surface area contributed by atoms with Gasteiger partial charge in [0.05, 0.1) is 5.69 Å². The number of aromatic nitrogens is 1. The smallest absolute Gasteiger partial charge is 0.0543 e. The van der Waals surface area contributed by atoms with Crippen LogP contribution in [0.1, 0.15) is 31.4 Å². The third kappa shape index (κ3) is 2.90. The minimum Gasteiger partial charge on any atom is -0.300 e. The van der Waals surface area contributed by atoms with Crippen molar-refractivity contribution in [2.75, 3.05) is 26.2 Å². The third-order valence-corrected chi connectivity index (χ3v) is 4.33. The largest absolute Gasteiger partial charge is 0.300 e. The van der Waals surface area contributed by atoms with Crippen molar-refractivity contribution in [3.8, 4) is 0 Å². The zero-order valence-electron chi connectivity index (χ0n) is 11.1. The Balaban J connectivity index is 1.48. The molecular formula is C15H23N3. The first-order valence-electron chi connectivity index (χ1n) is 7.28. The Hall–Kier alpha value is -0.930. The molecule has 0 bridgehead atoms. The number of likely N-dealkylation sites (tertiary alicyclic amines) is 2.